The van der Waals surface area contributed by atoms with Crippen molar-refractivity contribution < 1.29 is 24.2 Å². The maximum Gasteiger partial charge on any atom is 0.337 e. The fourth-order valence-corrected chi connectivity index (χ4v) is 1.02. The molecule has 1 heterocycles. The van der Waals surface area contributed by atoms with E-state index in [9.17, 15) is 14.7 Å². The van der Waals surface area contributed by atoms with Gasteiger partial charge in [-0.15, -0.1) is 0 Å². The first kappa shape index (κ1) is 13.2. The highest BCUT2D eigenvalue weighted by atomic mass is 16.4. The van der Waals surface area contributed by atoms with E-state index >= 15 is 0 Å². The van der Waals surface area contributed by atoms with Gasteiger partial charge in [0.1, 0.15) is 5.76 Å². The van der Waals surface area contributed by atoms with Crippen LogP contribution in [0.1, 0.15) is 23.2 Å². The second-order valence-electron chi connectivity index (χ2n) is 3.73. The zero-order valence-corrected chi connectivity index (χ0v) is 9.27. The summed E-state index contributed by atoms with van der Waals surface area (Å²) in [5, 5.41) is 20.3. The molecule has 1 aromatic heterocycles. The Morgan fingerprint density at radius 1 is 1.53 bits per heavy atom. The van der Waals surface area contributed by atoms with Crippen LogP contribution in [0.4, 0.5) is 0 Å². The molecule has 1 amide bonds. The maximum atomic E-state index is 11.5. The average Bonchev–Trinajstić information content (AvgIpc) is 2.74. The molecule has 1 rings (SSSR count). The third-order valence-electron chi connectivity index (χ3n) is 2.14. The number of carbonyl (C=O) groups excluding carboxylic acids is 1. The predicted molar refractivity (Wildman–Crippen MR) is 57.2 cm³/mol. The normalized spacial score (nSPS) is 14.1. The Morgan fingerprint density at radius 3 is 2.65 bits per heavy atom. The molecule has 0 saturated carbocycles. The van der Waals surface area contributed by atoms with Gasteiger partial charge >= 0.3 is 5.97 Å². The predicted octanol–water partition coefficient (Wildman–Crippen LogP) is -0.696. The van der Waals surface area contributed by atoms with Crippen LogP contribution >= 0.6 is 0 Å². The summed E-state index contributed by atoms with van der Waals surface area (Å²) in [6, 6.07) is 2.97. The van der Waals surface area contributed by atoms with Gasteiger partial charge in [-0.3, -0.25) is 4.79 Å². The van der Waals surface area contributed by atoms with Gasteiger partial charge < -0.3 is 25.7 Å². The van der Waals surface area contributed by atoms with Crippen molar-refractivity contribution in [1.29, 1.82) is 0 Å². The highest BCUT2D eigenvalue weighted by molar-refractivity contribution is 5.92. The molecule has 0 aromatic carbocycles. The van der Waals surface area contributed by atoms with Crippen LogP contribution in [0.15, 0.2) is 16.5 Å². The summed E-state index contributed by atoms with van der Waals surface area (Å²) in [5.74, 6) is -1.56. The molecule has 7 nitrogen and oxygen atoms in total. The molecular weight excluding hydrogens is 228 g/mol. The number of aliphatic carboxylic acids is 1. The van der Waals surface area contributed by atoms with Crippen molar-refractivity contribution >= 4 is 11.9 Å². The molecular formula is C10H14N2O5. The minimum atomic E-state index is -2.01. The van der Waals surface area contributed by atoms with Crippen LogP contribution in [0.3, 0.4) is 0 Å². The lowest BCUT2D eigenvalue weighted by Gasteiger charge is -2.17. The van der Waals surface area contributed by atoms with E-state index in [4.69, 9.17) is 15.3 Å². The van der Waals surface area contributed by atoms with Gasteiger partial charge in [0.2, 0.25) is 0 Å². The Morgan fingerprint density at radius 2 is 2.18 bits per heavy atom. The number of amides is 1. The standard InChI is InChI=1S/C10H14N2O5/c1-10(16,9(14)15)5-12-8(13)7-3-2-6(4-11)17-7/h2-3,16H,4-5,11H2,1H3,(H,12,13)(H,14,15). The van der Waals surface area contributed by atoms with Gasteiger partial charge in [-0.25, -0.2) is 4.79 Å². The van der Waals surface area contributed by atoms with Gasteiger partial charge in [0.15, 0.2) is 11.4 Å². The minimum absolute atomic E-state index is 0.0200. The molecule has 7 heteroatoms. The Bertz CT molecular complexity index is 424. The lowest BCUT2D eigenvalue weighted by molar-refractivity contribution is -0.155. The molecule has 0 saturated heterocycles. The Kier molecular flexibility index (Phi) is 3.87. The smallest absolute Gasteiger partial charge is 0.337 e. The van der Waals surface area contributed by atoms with Gasteiger partial charge in [-0.2, -0.15) is 0 Å². The number of hydrogen-bond acceptors (Lipinski definition) is 5. The van der Waals surface area contributed by atoms with E-state index in [2.05, 4.69) is 5.32 Å². The quantitative estimate of drug-likeness (QED) is 0.541. The first-order valence-electron chi connectivity index (χ1n) is 4.89. The van der Waals surface area contributed by atoms with Crippen molar-refractivity contribution in [1.82, 2.24) is 5.32 Å². The van der Waals surface area contributed by atoms with Crippen molar-refractivity contribution in [3.63, 3.8) is 0 Å². The van der Waals surface area contributed by atoms with Gasteiger partial charge in [0.25, 0.3) is 5.91 Å². The molecule has 0 bridgehead atoms. The number of nitrogens with two attached hydrogens (primary N) is 1. The molecule has 0 aliphatic heterocycles. The number of carboxylic acids is 1. The van der Waals surface area contributed by atoms with E-state index in [1.54, 1.807) is 6.07 Å². The molecule has 17 heavy (non-hydrogen) atoms. The number of aliphatic hydroxyl groups is 1. The minimum Gasteiger partial charge on any atom is -0.479 e. The largest absolute Gasteiger partial charge is 0.479 e. The molecule has 0 fully saturated rings. The number of hydrogen-bond donors (Lipinski definition) is 4. The van der Waals surface area contributed by atoms with E-state index in [1.165, 1.54) is 6.07 Å². The lowest BCUT2D eigenvalue weighted by atomic mass is 10.1. The summed E-state index contributed by atoms with van der Waals surface area (Å²) in [7, 11) is 0. The van der Waals surface area contributed by atoms with E-state index < -0.39 is 24.0 Å². The number of furan rings is 1. The summed E-state index contributed by atoms with van der Waals surface area (Å²) in [6.45, 7) is 0.836. The first-order chi connectivity index (χ1) is 7.86. The van der Waals surface area contributed by atoms with Crippen LogP contribution in [0.5, 0.6) is 0 Å². The number of nitrogens with one attached hydrogen (secondary N) is 1. The Balaban J connectivity index is 2.58. The SMILES string of the molecule is CC(O)(CNC(=O)c1ccc(CN)o1)C(=O)O. The van der Waals surface area contributed by atoms with Crippen molar-refractivity contribution in [2.24, 2.45) is 5.73 Å². The van der Waals surface area contributed by atoms with Crippen molar-refractivity contribution in [3.8, 4) is 0 Å². The molecule has 94 valence electrons. The summed E-state index contributed by atoms with van der Waals surface area (Å²) >= 11 is 0. The summed E-state index contributed by atoms with van der Waals surface area (Å²) in [6.07, 6.45) is 0. The fourth-order valence-electron chi connectivity index (χ4n) is 1.02. The van der Waals surface area contributed by atoms with Gasteiger partial charge in [-0.05, 0) is 19.1 Å². The lowest BCUT2D eigenvalue weighted by Crippen LogP contribution is -2.46. The van der Waals surface area contributed by atoms with E-state index in [0.29, 0.717) is 5.76 Å². The number of rotatable bonds is 5. The topological polar surface area (TPSA) is 126 Å². The number of carbonyl (C=O) groups is 2. The van der Waals surface area contributed by atoms with Crippen LogP contribution in [-0.4, -0.2) is 34.2 Å². The van der Waals surface area contributed by atoms with Crippen molar-refractivity contribution in [2.75, 3.05) is 6.54 Å². The molecule has 0 aliphatic rings. The van der Waals surface area contributed by atoms with E-state index in [-0.39, 0.29) is 12.3 Å². The maximum absolute atomic E-state index is 11.5. The Hall–Kier alpha value is -1.86. The van der Waals surface area contributed by atoms with Crippen LogP contribution in [0.25, 0.3) is 0 Å². The molecule has 0 spiro atoms. The van der Waals surface area contributed by atoms with E-state index in [0.717, 1.165) is 6.92 Å². The van der Waals surface area contributed by atoms with Gasteiger partial charge in [0.05, 0.1) is 13.1 Å². The highest BCUT2D eigenvalue weighted by Crippen LogP contribution is 2.07. The van der Waals surface area contributed by atoms with Crippen LogP contribution < -0.4 is 11.1 Å². The average molecular weight is 242 g/mol. The van der Waals surface area contributed by atoms with Crippen molar-refractivity contribution in [3.05, 3.63) is 23.7 Å². The fraction of sp³-hybridized carbons (Fsp3) is 0.400. The zero-order valence-electron chi connectivity index (χ0n) is 9.27. The summed E-state index contributed by atoms with van der Waals surface area (Å²) < 4.78 is 5.05. The summed E-state index contributed by atoms with van der Waals surface area (Å²) in [4.78, 5) is 22.1. The van der Waals surface area contributed by atoms with Gasteiger partial charge in [0, 0.05) is 0 Å². The van der Waals surface area contributed by atoms with Crippen LogP contribution in [-0.2, 0) is 11.3 Å². The van der Waals surface area contributed by atoms with Crippen LogP contribution in [0, 0.1) is 0 Å². The third kappa shape index (κ3) is 3.30. The van der Waals surface area contributed by atoms with E-state index in [1.807, 2.05) is 0 Å². The zero-order chi connectivity index (χ0) is 13.1. The molecule has 0 radical (unpaired) electrons. The molecule has 5 N–H and O–H groups in total. The molecule has 1 aromatic rings. The van der Waals surface area contributed by atoms with Gasteiger partial charge in [-0.1, -0.05) is 0 Å². The molecule has 1 unspecified atom stereocenters. The van der Waals surface area contributed by atoms with Crippen molar-refractivity contribution in [2.45, 2.75) is 19.1 Å². The third-order valence-corrected chi connectivity index (χ3v) is 2.14. The summed E-state index contributed by atoms with van der Waals surface area (Å²) in [5.41, 5.74) is 3.29. The molecule has 1 atom stereocenters. The number of carboxylic acid groups (broad SMARTS) is 1. The van der Waals surface area contributed by atoms with Crippen LogP contribution in [0.2, 0.25) is 0 Å². The highest BCUT2D eigenvalue weighted by Gasteiger charge is 2.30. The first-order valence-corrected chi connectivity index (χ1v) is 4.89. The second kappa shape index (κ2) is 4.98. The molecule has 0 aliphatic carbocycles. The monoisotopic (exact) mass is 242 g/mol. The second-order valence-corrected chi connectivity index (χ2v) is 3.73. The Labute approximate surface area is 97.2 Å².